The molecule has 6 nitrogen and oxygen atoms in total. The van der Waals surface area contributed by atoms with Crippen molar-refractivity contribution in [3.8, 4) is 17.0 Å². The van der Waals surface area contributed by atoms with Crippen LogP contribution < -0.4 is 4.74 Å². The molecule has 3 aromatic rings. The van der Waals surface area contributed by atoms with Gasteiger partial charge < -0.3 is 19.4 Å². The Labute approximate surface area is 188 Å². The van der Waals surface area contributed by atoms with Gasteiger partial charge in [0.15, 0.2) is 0 Å². The highest BCUT2D eigenvalue weighted by Crippen LogP contribution is 2.32. The fraction of sp³-hybridized carbons (Fsp3) is 0.385. The van der Waals surface area contributed by atoms with Crippen molar-refractivity contribution in [2.24, 2.45) is 5.92 Å². The molecule has 1 amide bonds. The first-order chi connectivity index (χ1) is 15.6. The summed E-state index contributed by atoms with van der Waals surface area (Å²) in [6.07, 6.45) is 2.65. The zero-order valence-corrected chi connectivity index (χ0v) is 18.7. The summed E-state index contributed by atoms with van der Waals surface area (Å²) < 4.78 is 10.5. The largest absolute Gasteiger partial charge is 0.497 e. The van der Waals surface area contributed by atoms with Gasteiger partial charge in [0.05, 0.1) is 19.6 Å². The predicted molar refractivity (Wildman–Crippen MR) is 125 cm³/mol. The standard InChI is InChI=1S/C26H30N2O4/c1-3-32-26(30)19-7-6-16-28(17-19)24(29)15-14-22-21-8-4-5-9-23(21)27-25(22)18-10-12-20(31-2)13-11-18/h4-5,8-13,19,27H,3,6-7,14-17H2,1-2H3. The number of amides is 1. The Kier molecular flexibility index (Phi) is 6.78. The van der Waals surface area contributed by atoms with Crippen LogP contribution in [-0.2, 0) is 20.7 Å². The number of nitrogens with one attached hydrogen (secondary N) is 1. The zero-order valence-electron chi connectivity index (χ0n) is 18.7. The van der Waals surface area contributed by atoms with E-state index >= 15 is 0 Å². The lowest BCUT2D eigenvalue weighted by Gasteiger charge is -2.31. The summed E-state index contributed by atoms with van der Waals surface area (Å²) in [5.41, 5.74) is 4.29. The lowest BCUT2D eigenvalue weighted by atomic mass is 9.97. The summed E-state index contributed by atoms with van der Waals surface area (Å²) in [6, 6.07) is 16.1. The summed E-state index contributed by atoms with van der Waals surface area (Å²) in [5.74, 6) is 0.492. The number of fused-ring (bicyclic) bond motifs is 1. The van der Waals surface area contributed by atoms with Crippen LogP contribution in [0.3, 0.4) is 0 Å². The Balaban J connectivity index is 1.52. The summed E-state index contributed by atoms with van der Waals surface area (Å²) in [6.45, 7) is 3.34. The number of benzene rings is 2. The lowest BCUT2D eigenvalue weighted by molar-refractivity contribution is -0.151. The predicted octanol–water partition coefficient (Wildman–Crippen LogP) is 4.58. The fourth-order valence-corrected chi connectivity index (χ4v) is 4.51. The number of aromatic nitrogens is 1. The van der Waals surface area contributed by atoms with E-state index in [4.69, 9.17) is 9.47 Å². The van der Waals surface area contributed by atoms with Crippen LogP contribution in [0.4, 0.5) is 0 Å². The number of aromatic amines is 1. The highest BCUT2D eigenvalue weighted by Gasteiger charge is 2.29. The minimum atomic E-state index is -0.212. The first-order valence-electron chi connectivity index (χ1n) is 11.3. The maximum Gasteiger partial charge on any atom is 0.310 e. The van der Waals surface area contributed by atoms with E-state index in [0.29, 0.717) is 32.5 Å². The average molecular weight is 435 g/mol. The van der Waals surface area contributed by atoms with Crippen LogP contribution in [0.25, 0.3) is 22.2 Å². The van der Waals surface area contributed by atoms with Crippen molar-refractivity contribution < 1.29 is 19.1 Å². The number of piperidine rings is 1. The van der Waals surface area contributed by atoms with Crippen molar-refractivity contribution in [3.63, 3.8) is 0 Å². The van der Waals surface area contributed by atoms with Gasteiger partial charge in [-0.25, -0.2) is 0 Å². The van der Waals surface area contributed by atoms with Gasteiger partial charge in [-0.2, -0.15) is 0 Å². The van der Waals surface area contributed by atoms with Gasteiger partial charge in [0, 0.05) is 36.1 Å². The van der Waals surface area contributed by atoms with Crippen LogP contribution in [0.15, 0.2) is 48.5 Å². The highest BCUT2D eigenvalue weighted by atomic mass is 16.5. The molecule has 0 spiro atoms. The number of H-pyrrole nitrogens is 1. The second-order valence-corrected chi connectivity index (χ2v) is 8.18. The molecule has 1 fully saturated rings. The van der Waals surface area contributed by atoms with Crippen LogP contribution >= 0.6 is 0 Å². The number of hydrogen-bond acceptors (Lipinski definition) is 4. The number of carbonyl (C=O) groups is 2. The number of hydrogen-bond donors (Lipinski definition) is 1. The molecule has 1 atom stereocenters. The van der Waals surface area contributed by atoms with Crippen molar-refractivity contribution in [1.29, 1.82) is 0 Å². The van der Waals surface area contributed by atoms with E-state index in [9.17, 15) is 9.59 Å². The number of nitrogens with zero attached hydrogens (tertiary/aromatic N) is 1. The van der Waals surface area contributed by atoms with E-state index in [1.165, 1.54) is 0 Å². The monoisotopic (exact) mass is 434 g/mol. The van der Waals surface area contributed by atoms with Crippen molar-refractivity contribution in [3.05, 3.63) is 54.1 Å². The number of esters is 1. The molecular formula is C26H30N2O4. The number of para-hydroxylation sites is 1. The van der Waals surface area contributed by atoms with Crippen LogP contribution in [0.5, 0.6) is 5.75 Å². The number of ether oxygens (including phenoxy) is 2. The van der Waals surface area contributed by atoms with Crippen molar-refractivity contribution in [2.45, 2.75) is 32.6 Å². The van der Waals surface area contributed by atoms with E-state index in [2.05, 4.69) is 17.1 Å². The third-order valence-electron chi connectivity index (χ3n) is 6.18. The van der Waals surface area contributed by atoms with Gasteiger partial charge in [-0.15, -0.1) is 0 Å². The van der Waals surface area contributed by atoms with Gasteiger partial charge in [0.1, 0.15) is 5.75 Å². The second-order valence-electron chi connectivity index (χ2n) is 8.18. The van der Waals surface area contributed by atoms with Gasteiger partial charge in [-0.3, -0.25) is 9.59 Å². The Morgan fingerprint density at radius 3 is 2.66 bits per heavy atom. The summed E-state index contributed by atoms with van der Waals surface area (Å²) >= 11 is 0. The SMILES string of the molecule is CCOC(=O)C1CCCN(C(=O)CCc2c(-c3ccc(OC)cc3)[nH]c3ccccc23)C1. The van der Waals surface area contributed by atoms with Gasteiger partial charge in [0.2, 0.25) is 5.91 Å². The van der Waals surface area contributed by atoms with E-state index < -0.39 is 0 Å². The number of rotatable bonds is 7. The fourth-order valence-electron chi connectivity index (χ4n) is 4.51. The molecule has 1 N–H and O–H groups in total. The molecule has 0 bridgehead atoms. The molecule has 2 heterocycles. The van der Waals surface area contributed by atoms with Gasteiger partial charge >= 0.3 is 5.97 Å². The smallest absolute Gasteiger partial charge is 0.310 e. The first kappa shape index (κ1) is 21.9. The topological polar surface area (TPSA) is 71.6 Å². The molecule has 1 aliphatic rings. The summed E-state index contributed by atoms with van der Waals surface area (Å²) in [5, 5.41) is 1.13. The first-order valence-corrected chi connectivity index (χ1v) is 11.3. The molecule has 0 aliphatic carbocycles. The number of methoxy groups -OCH3 is 1. The normalized spacial score (nSPS) is 16.2. The maximum absolute atomic E-state index is 13.0. The van der Waals surface area contributed by atoms with Crippen molar-refractivity contribution >= 4 is 22.8 Å². The molecule has 0 radical (unpaired) electrons. The molecule has 168 valence electrons. The molecule has 0 saturated carbocycles. The van der Waals surface area contributed by atoms with Crippen LogP contribution in [0.1, 0.15) is 31.7 Å². The van der Waals surface area contributed by atoms with Crippen LogP contribution in [0, 0.1) is 5.92 Å². The molecule has 1 saturated heterocycles. The highest BCUT2D eigenvalue weighted by molar-refractivity contribution is 5.91. The maximum atomic E-state index is 13.0. The third kappa shape index (κ3) is 4.64. The molecule has 1 unspecified atom stereocenters. The van der Waals surface area contributed by atoms with Gasteiger partial charge in [0.25, 0.3) is 0 Å². The van der Waals surface area contributed by atoms with Gasteiger partial charge in [-0.05, 0) is 67.6 Å². The van der Waals surface area contributed by atoms with Crippen LogP contribution in [-0.4, -0.2) is 48.6 Å². The van der Waals surface area contributed by atoms with Crippen molar-refractivity contribution in [1.82, 2.24) is 9.88 Å². The quantitative estimate of drug-likeness (QED) is 0.553. The minimum absolute atomic E-state index is 0.0879. The minimum Gasteiger partial charge on any atom is -0.497 e. The van der Waals surface area contributed by atoms with Crippen molar-refractivity contribution in [2.75, 3.05) is 26.8 Å². The van der Waals surface area contributed by atoms with E-state index in [1.807, 2.05) is 48.2 Å². The number of carbonyl (C=O) groups excluding carboxylic acids is 2. The molecular weight excluding hydrogens is 404 g/mol. The summed E-state index contributed by atoms with van der Waals surface area (Å²) in [4.78, 5) is 30.5. The molecule has 1 aliphatic heterocycles. The second kappa shape index (κ2) is 9.90. The van der Waals surface area contributed by atoms with Crippen LogP contribution in [0.2, 0.25) is 0 Å². The molecule has 6 heteroatoms. The Morgan fingerprint density at radius 1 is 1.12 bits per heavy atom. The Bertz CT molecular complexity index is 1090. The third-order valence-corrected chi connectivity index (χ3v) is 6.18. The number of likely N-dealkylation sites (tertiary alicyclic amines) is 1. The molecule has 1 aromatic heterocycles. The molecule has 2 aromatic carbocycles. The summed E-state index contributed by atoms with van der Waals surface area (Å²) in [7, 11) is 1.65. The zero-order chi connectivity index (χ0) is 22.5. The molecule has 32 heavy (non-hydrogen) atoms. The Morgan fingerprint density at radius 2 is 1.91 bits per heavy atom. The van der Waals surface area contributed by atoms with E-state index in [0.717, 1.165) is 46.3 Å². The van der Waals surface area contributed by atoms with Gasteiger partial charge in [-0.1, -0.05) is 18.2 Å². The average Bonchev–Trinajstić information content (AvgIpc) is 3.21. The lowest BCUT2D eigenvalue weighted by Crippen LogP contribution is -2.42. The van der Waals surface area contributed by atoms with E-state index in [1.54, 1.807) is 7.11 Å². The molecule has 4 rings (SSSR count). The number of aryl methyl sites for hydroxylation is 1. The van der Waals surface area contributed by atoms with E-state index in [-0.39, 0.29) is 17.8 Å². The Hall–Kier alpha value is -3.28.